The van der Waals surface area contributed by atoms with Crippen molar-refractivity contribution in [3.63, 3.8) is 0 Å². The first kappa shape index (κ1) is 39.3. The predicted molar refractivity (Wildman–Crippen MR) is 170 cm³/mol. The number of ether oxygens (including phenoxy) is 1. The Balaban J connectivity index is 1.95. The Morgan fingerprint density at radius 2 is 1.54 bits per heavy atom. The fourth-order valence-corrected chi connectivity index (χ4v) is 4.76. The smallest absolute Gasteiger partial charge is 0.405 e. The van der Waals surface area contributed by atoms with E-state index in [-0.39, 0.29) is 17.7 Å². The molecule has 0 aliphatic carbocycles. The minimum absolute atomic E-state index is 0.0284. The molecule has 0 radical (unpaired) electrons. The fraction of sp³-hybridized carbons (Fsp3) is 0.333. The van der Waals surface area contributed by atoms with E-state index in [1.165, 1.54) is 57.5 Å². The number of benzene rings is 2. The summed E-state index contributed by atoms with van der Waals surface area (Å²) >= 11 is 6.11. The van der Waals surface area contributed by atoms with Gasteiger partial charge in [-0.25, -0.2) is 0 Å². The van der Waals surface area contributed by atoms with Crippen molar-refractivity contribution in [2.75, 3.05) is 13.7 Å². The lowest BCUT2D eigenvalue weighted by molar-refractivity contribution is -0.165. The van der Waals surface area contributed by atoms with Crippen molar-refractivity contribution in [3.05, 3.63) is 94.8 Å². The highest BCUT2D eigenvalue weighted by atomic mass is 35.5. The highest BCUT2D eigenvalue weighted by molar-refractivity contribution is 6.30. The lowest BCUT2D eigenvalue weighted by atomic mass is 9.94. The van der Waals surface area contributed by atoms with E-state index >= 15 is 0 Å². The molecule has 11 nitrogen and oxygen atoms in total. The second-order valence-corrected chi connectivity index (χ2v) is 11.7. The van der Waals surface area contributed by atoms with E-state index < -0.39 is 72.1 Å². The van der Waals surface area contributed by atoms with E-state index in [0.717, 1.165) is 5.32 Å². The maximum atomic E-state index is 14.8. The van der Waals surface area contributed by atoms with Crippen molar-refractivity contribution in [2.24, 2.45) is 5.92 Å². The fourth-order valence-electron chi connectivity index (χ4n) is 4.55. The van der Waals surface area contributed by atoms with Gasteiger partial charge in [-0.15, -0.1) is 0 Å². The number of carbonyl (C=O) groups is 5. The molecular formula is C33H33ClF5N5O6. The molecule has 3 atom stereocenters. The monoisotopic (exact) mass is 725 g/mol. The quantitative estimate of drug-likeness (QED) is 0.137. The Kier molecular flexibility index (Phi) is 13.4. The van der Waals surface area contributed by atoms with Crippen molar-refractivity contribution in [2.45, 2.75) is 50.5 Å². The van der Waals surface area contributed by atoms with Crippen LogP contribution in [0.4, 0.5) is 22.0 Å². The Morgan fingerprint density at radius 3 is 2.10 bits per heavy atom. The minimum Gasteiger partial charge on any atom is -0.497 e. The summed E-state index contributed by atoms with van der Waals surface area (Å²) in [7, 11) is 1.37. The van der Waals surface area contributed by atoms with Gasteiger partial charge in [-0.3, -0.25) is 29.0 Å². The zero-order chi connectivity index (χ0) is 37.2. The summed E-state index contributed by atoms with van der Waals surface area (Å²) in [5.74, 6) is -13.3. The average molecular weight is 726 g/mol. The standard InChI is InChI=1S/C33H33ClF5N5O6/c1-18(2)25(27(45)33(38,39)31(49)41-17-32(35,36)37)43-30(48)26(20-10-12-22(50-3)13-11-20)44-29(47)24(16-19-7-6-8-21(34)15-19)42-28(46)23-9-4-5-14-40-23/h4-15,18,24-26H,16-17H2,1-3H3,(H,41,49)(H,42,46)(H,43,48)(H,44,47)/t24-,25-,26-/m0/s1. The van der Waals surface area contributed by atoms with Gasteiger partial charge in [-0.2, -0.15) is 22.0 Å². The van der Waals surface area contributed by atoms with Crippen LogP contribution < -0.4 is 26.0 Å². The summed E-state index contributed by atoms with van der Waals surface area (Å²) in [6, 6.07) is 11.4. The average Bonchev–Trinajstić information content (AvgIpc) is 3.07. The SMILES string of the molecule is COc1ccc([C@H](NC(=O)[C@H](Cc2cccc(Cl)c2)NC(=O)c2ccccn2)C(=O)N[C@H](C(=O)C(F)(F)C(=O)NCC(F)(F)F)C(C)C)cc1. The molecule has 0 unspecified atom stereocenters. The highest BCUT2D eigenvalue weighted by Crippen LogP contribution is 2.24. The second kappa shape index (κ2) is 17.0. The molecule has 4 amide bonds. The summed E-state index contributed by atoms with van der Waals surface area (Å²) in [5, 5.41) is 8.47. The van der Waals surface area contributed by atoms with E-state index in [1.807, 2.05) is 0 Å². The zero-order valence-electron chi connectivity index (χ0n) is 26.8. The summed E-state index contributed by atoms with van der Waals surface area (Å²) in [6.07, 6.45) is -3.80. The number of pyridine rings is 1. The molecule has 3 rings (SSSR count). The molecule has 3 aromatic rings. The third kappa shape index (κ3) is 10.9. The number of amides is 4. The number of nitrogens with one attached hydrogen (secondary N) is 4. The summed E-state index contributed by atoms with van der Waals surface area (Å²) < 4.78 is 72.5. The van der Waals surface area contributed by atoms with Gasteiger partial charge in [0.15, 0.2) is 0 Å². The van der Waals surface area contributed by atoms with Crippen LogP contribution in [-0.2, 0) is 25.6 Å². The van der Waals surface area contributed by atoms with Gasteiger partial charge in [0.2, 0.25) is 17.6 Å². The molecular weight excluding hydrogens is 693 g/mol. The second-order valence-electron chi connectivity index (χ2n) is 11.3. The number of rotatable bonds is 15. The number of aromatic nitrogens is 1. The van der Waals surface area contributed by atoms with Crippen LogP contribution >= 0.6 is 11.6 Å². The van der Waals surface area contributed by atoms with Gasteiger partial charge < -0.3 is 26.0 Å². The van der Waals surface area contributed by atoms with E-state index in [4.69, 9.17) is 16.3 Å². The minimum atomic E-state index is -5.04. The van der Waals surface area contributed by atoms with Crippen LogP contribution in [0.25, 0.3) is 0 Å². The van der Waals surface area contributed by atoms with Crippen LogP contribution in [0.1, 0.15) is 41.5 Å². The Hall–Kier alpha value is -5.12. The van der Waals surface area contributed by atoms with Gasteiger partial charge in [-0.05, 0) is 53.4 Å². The first-order chi connectivity index (χ1) is 23.4. The van der Waals surface area contributed by atoms with E-state index in [2.05, 4.69) is 20.9 Å². The summed E-state index contributed by atoms with van der Waals surface area (Å²) in [4.78, 5) is 69.5. The van der Waals surface area contributed by atoms with Crippen LogP contribution in [0, 0.1) is 5.92 Å². The molecule has 1 heterocycles. The Bertz CT molecular complexity index is 1680. The van der Waals surface area contributed by atoms with Crippen LogP contribution in [0.3, 0.4) is 0 Å². The number of hydrogen-bond donors (Lipinski definition) is 4. The molecule has 0 fully saturated rings. The number of Topliss-reactive ketones (excluding diaryl/α,β-unsaturated/α-hetero) is 1. The topological polar surface area (TPSA) is 156 Å². The molecule has 0 bridgehead atoms. The van der Waals surface area contributed by atoms with Gasteiger partial charge in [0.05, 0.1) is 13.2 Å². The van der Waals surface area contributed by atoms with Gasteiger partial charge in [0.25, 0.3) is 11.8 Å². The highest BCUT2D eigenvalue weighted by Gasteiger charge is 2.52. The molecule has 4 N–H and O–H groups in total. The van der Waals surface area contributed by atoms with E-state index in [1.54, 1.807) is 36.4 Å². The van der Waals surface area contributed by atoms with Crippen molar-refractivity contribution >= 4 is 41.0 Å². The largest absolute Gasteiger partial charge is 0.497 e. The molecule has 0 aliphatic heterocycles. The number of hydrogen-bond acceptors (Lipinski definition) is 7. The third-order valence-corrected chi connectivity index (χ3v) is 7.37. The van der Waals surface area contributed by atoms with Crippen LogP contribution in [0.2, 0.25) is 5.02 Å². The van der Waals surface area contributed by atoms with Crippen molar-refractivity contribution in [1.29, 1.82) is 0 Å². The number of methoxy groups -OCH3 is 1. The van der Waals surface area contributed by atoms with Crippen molar-refractivity contribution in [3.8, 4) is 5.75 Å². The molecule has 50 heavy (non-hydrogen) atoms. The van der Waals surface area contributed by atoms with E-state index in [9.17, 15) is 45.9 Å². The lowest BCUT2D eigenvalue weighted by Crippen LogP contribution is -2.58. The number of carbonyl (C=O) groups excluding carboxylic acids is 5. The molecule has 0 saturated heterocycles. The van der Waals surface area contributed by atoms with Gasteiger partial charge >= 0.3 is 12.1 Å². The van der Waals surface area contributed by atoms with Gasteiger partial charge in [0.1, 0.15) is 30.1 Å². The molecule has 1 aromatic heterocycles. The van der Waals surface area contributed by atoms with Crippen LogP contribution in [0.5, 0.6) is 5.75 Å². The summed E-state index contributed by atoms with van der Waals surface area (Å²) in [6.45, 7) is 0.385. The molecule has 0 saturated carbocycles. The lowest BCUT2D eigenvalue weighted by Gasteiger charge is -2.28. The van der Waals surface area contributed by atoms with Crippen LogP contribution in [0.15, 0.2) is 72.9 Å². The number of nitrogens with zero attached hydrogens (tertiary/aromatic N) is 1. The molecule has 0 spiro atoms. The molecule has 2 aromatic carbocycles. The predicted octanol–water partition coefficient (Wildman–Crippen LogP) is 3.97. The van der Waals surface area contributed by atoms with Gasteiger partial charge in [-0.1, -0.05) is 55.8 Å². The molecule has 268 valence electrons. The van der Waals surface area contributed by atoms with Crippen molar-refractivity contribution in [1.82, 2.24) is 26.3 Å². The normalized spacial score (nSPS) is 13.4. The molecule has 0 aliphatic rings. The Labute approximate surface area is 288 Å². The maximum Gasteiger partial charge on any atom is 0.405 e. The first-order valence-corrected chi connectivity index (χ1v) is 15.3. The van der Waals surface area contributed by atoms with E-state index in [0.29, 0.717) is 16.3 Å². The number of ketones is 1. The van der Waals surface area contributed by atoms with Crippen molar-refractivity contribution < 1.29 is 50.7 Å². The van der Waals surface area contributed by atoms with Gasteiger partial charge in [0, 0.05) is 17.6 Å². The van der Waals surface area contributed by atoms with Crippen LogP contribution in [-0.4, -0.2) is 72.2 Å². The first-order valence-electron chi connectivity index (χ1n) is 14.9. The number of alkyl halides is 5. The Morgan fingerprint density at radius 1 is 0.860 bits per heavy atom. The maximum absolute atomic E-state index is 14.8. The zero-order valence-corrected chi connectivity index (χ0v) is 27.6. The number of halogens is 6. The molecule has 17 heteroatoms. The third-order valence-electron chi connectivity index (χ3n) is 7.14. The summed E-state index contributed by atoms with van der Waals surface area (Å²) in [5.41, 5.74) is 0.569.